The van der Waals surface area contributed by atoms with Crippen LogP contribution in [0.4, 0.5) is 0 Å². The minimum Gasteiger partial charge on any atom is -0.493 e. The first kappa shape index (κ1) is 22.7. The third-order valence-corrected chi connectivity index (χ3v) is 6.52. The van der Waals surface area contributed by atoms with Gasteiger partial charge in [-0.05, 0) is 54.4 Å². The summed E-state index contributed by atoms with van der Waals surface area (Å²) in [6.07, 6.45) is 0.635. The van der Waals surface area contributed by atoms with E-state index in [-0.39, 0.29) is 12.7 Å². The van der Waals surface area contributed by atoms with Gasteiger partial charge >= 0.3 is 0 Å². The van der Waals surface area contributed by atoms with E-state index in [9.17, 15) is 4.79 Å². The number of para-hydroxylation sites is 1. The number of carbonyl (C=O) groups excluding carboxylic acids is 1. The lowest BCUT2D eigenvalue weighted by Gasteiger charge is -2.11. The monoisotopic (exact) mass is 495 g/mol. The fraction of sp³-hybridized carbons (Fsp3) is 0.172. The Morgan fingerprint density at radius 2 is 1.78 bits per heavy atom. The molecule has 37 heavy (non-hydrogen) atoms. The van der Waals surface area contributed by atoms with E-state index < -0.39 is 0 Å². The zero-order chi connectivity index (χ0) is 25.4. The number of benzene rings is 3. The molecule has 8 heteroatoms. The van der Waals surface area contributed by atoms with Crippen LogP contribution in [0, 0.1) is 0 Å². The number of amides is 1. The van der Waals surface area contributed by atoms with Crippen LogP contribution in [0.5, 0.6) is 23.0 Å². The summed E-state index contributed by atoms with van der Waals surface area (Å²) >= 11 is 0. The Balaban J connectivity index is 1.32. The molecule has 6 rings (SSSR count). The fourth-order valence-corrected chi connectivity index (χ4v) is 4.66. The molecule has 8 nitrogen and oxygen atoms in total. The number of pyridine rings is 1. The van der Waals surface area contributed by atoms with Crippen LogP contribution in [0.1, 0.15) is 16.1 Å². The lowest BCUT2D eigenvalue weighted by Crippen LogP contribution is -2.26. The first-order valence-corrected chi connectivity index (χ1v) is 11.9. The Bertz CT molecular complexity index is 1640. The molecule has 1 aliphatic rings. The fourth-order valence-electron chi connectivity index (χ4n) is 4.66. The summed E-state index contributed by atoms with van der Waals surface area (Å²) in [5, 5.41) is 4.97. The average Bonchev–Trinajstić information content (AvgIpc) is 3.56. The van der Waals surface area contributed by atoms with Gasteiger partial charge in [0.2, 0.25) is 6.79 Å². The van der Waals surface area contributed by atoms with Gasteiger partial charge in [-0.2, -0.15) is 0 Å². The summed E-state index contributed by atoms with van der Waals surface area (Å²) in [4.78, 5) is 21.5. The number of hydrogen-bond donors (Lipinski definition) is 2. The molecule has 3 aromatic carbocycles. The molecule has 2 aromatic heterocycles. The average molecular weight is 496 g/mol. The van der Waals surface area contributed by atoms with Crippen LogP contribution in [0.25, 0.3) is 33.1 Å². The highest BCUT2D eigenvalue weighted by Crippen LogP contribution is 2.38. The van der Waals surface area contributed by atoms with Crippen molar-refractivity contribution in [3.8, 4) is 34.3 Å². The number of nitrogens with one attached hydrogen (secondary N) is 2. The van der Waals surface area contributed by atoms with Crippen LogP contribution >= 0.6 is 0 Å². The zero-order valence-corrected chi connectivity index (χ0v) is 20.5. The van der Waals surface area contributed by atoms with Crippen LogP contribution in [-0.2, 0) is 6.42 Å². The molecule has 0 saturated heterocycles. The Kier molecular flexibility index (Phi) is 5.76. The summed E-state index contributed by atoms with van der Waals surface area (Å²) in [6.45, 7) is 0.637. The highest BCUT2D eigenvalue weighted by atomic mass is 16.7. The Morgan fingerprint density at radius 1 is 0.946 bits per heavy atom. The number of fused-ring (bicyclic) bond motifs is 4. The summed E-state index contributed by atoms with van der Waals surface area (Å²) < 4.78 is 21.7. The van der Waals surface area contributed by atoms with Crippen LogP contribution in [0.15, 0.2) is 66.7 Å². The standard InChI is InChI=1S/C29H25N3O5/c1-34-23-9-7-17(13-25(23)35-2)11-12-30-29(33)22-15-20-19-5-3-4-6-21(19)31-28(20)27(32-22)18-8-10-24-26(14-18)37-16-36-24/h3-10,13-15,31H,11-12,16H2,1-2H3,(H,30,33). The molecular formula is C29H25N3O5. The van der Waals surface area contributed by atoms with E-state index in [0.717, 1.165) is 32.9 Å². The molecule has 2 N–H and O–H groups in total. The third-order valence-electron chi connectivity index (χ3n) is 6.52. The number of hydrogen-bond acceptors (Lipinski definition) is 6. The first-order chi connectivity index (χ1) is 18.1. The second-order valence-electron chi connectivity index (χ2n) is 8.71. The minimum absolute atomic E-state index is 0.191. The van der Waals surface area contributed by atoms with Crippen molar-refractivity contribution in [2.24, 2.45) is 0 Å². The molecule has 3 heterocycles. The molecule has 0 spiro atoms. The van der Waals surface area contributed by atoms with Crippen LogP contribution < -0.4 is 24.3 Å². The largest absolute Gasteiger partial charge is 0.493 e. The number of ether oxygens (including phenoxy) is 4. The van der Waals surface area contributed by atoms with E-state index in [1.165, 1.54) is 0 Å². The van der Waals surface area contributed by atoms with Crippen molar-refractivity contribution < 1.29 is 23.7 Å². The van der Waals surface area contributed by atoms with Gasteiger partial charge in [-0.15, -0.1) is 0 Å². The quantitative estimate of drug-likeness (QED) is 0.326. The third kappa shape index (κ3) is 4.16. The molecule has 0 aliphatic carbocycles. The second kappa shape index (κ2) is 9.39. The van der Waals surface area contributed by atoms with Crippen molar-refractivity contribution in [1.29, 1.82) is 0 Å². The van der Waals surface area contributed by atoms with Crippen LogP contribution in [-0.4, -0.2) is 43.4 Å². The SMILES string of the molecule is COc1ccc(CCNC(=O)c2cc3c([nH]c4ccccc43)c(-c3ccc4c(c3)OCO4)n2)cc1OC. The Morgan fingerprint density at radius 3 is 2.65 bits per heavy atom. The maximum Gasteiger partial charge on any atom is 0.269 e. The van der Waals surface area contributed by atoms with E-state index in [0.29, 0.717) is 47.4 Å². The summed E-state index contributed by atoms with van der Waals surface area (Å²) in [6, 6.07) is 21.3. The maximum absolute atomic E-state index is 13.3. The number of methoxy groups -OCH3 is 2. The van der Waals surface area contributed by atoms with Crippen molar-refractivity contribution >= 4 is 27.7 Å². The van der Waals surface area contributed by atoms with Crippen molar-refractivity contribution in [3.05, 3.63) is 78.0 Å². The van der Waals surface area contributed by atoms with Crippen molar-refractivity contribution in [3.63, 3.8) is 0 Å². The highest BCUT2D eigenvalue weighted by Gasteiger charge is 2.20. The van der Waals surface area contributed by atoms with Gasteiger partial charge in [0.05, 0.1) is 25.4 Å². The van der Waals surface area contributed by atoms with Gasteiger partial charge in [-0.1, -0.05) is 24.3 Å². The van der Waals surface area contributed by atoms with Gasteiger partial charge in [-0.3, -0.25) is 4.79 Å². The number of aromatic nitrogens is 2. The number of aromatic amines is 1. The maximum atomic E-state index is 13.3. The molecule has 5 aromatic rings. The molecule has 0 saturated carbocycles. The number of carbonyl (C=O) groups is 1. The topological polar surface area (TPSA) is 94.7 Å². The van der Waals surface area contributed by atoms with E-state index in [2.05, 4.69) is 10.3 Å². The molecule has 0 unspecified atom stereocenters. The molecule has 186 valence electrons. The molecular weight excluding hydrogens is 470 g/mol. The van der Waals surface area contributed by atoms with Crippen LogP contribution in [0.3, 0.4) is 0 Å². The van der Waals surface area contributed by atoms with Gasteiger partial charge in [0.15, 0.2) is 23.0 Å². The summed E-state index contributed by atoms with van der Waals surface area (Å²) in [5.41, 5.74) is 4.73. The van der Waals surface area contributed by atoms with E-state index >= 15 is 0 Å². The Labute approximate surface area is 213 Å². The predicted molar refractivity (Wildman–Crippen MR) is 141 cm³/mol. The Hall–Kier alpha value is -4.72. The first-order valence-electron chi connectivity index (χ1n) is 11.9. The van der Waals surface area contributed by atoms with Gasteiger partial charge in [0.25, 0.3) is 5.91 Å². The smallest absolute Gasteiger partial charge is 0.269 e. The molecule has 1 aliphatic heterocycles. The highest BCUT2D eigenvalue weighted by molar-refractivity contribution is 6.13. The van der Waals surface area contributed by atoms with Crippen molar-refractivity contribution in [1.82, 2.24) is 15.3 Å². The molecule has 0 bridgehead atoms. The molecule has 0 atom stereocenters. The van der Waals surface area contributed by atoms with Crippen molar-refractivity contribution in [2.75, 3.05) is 27.6 Å². The van der Waals surface area contributed by atoms with Crippen molar-refractivity contribution in [2.45, 2.75) is 6.42 Å². The predicted octanol–water partition coefficient (Wildman–Crippen LogP) is 5.10. The minimum atomic E-state index is -0.241. The number of rotatable bonds is 7. The molecule has 0 fully saturated rings. The number of H-pyrrole nitrogens is 1. The zero-order valence-electron chi connectivity index (χ0n) is 20.5. The van der Waals surface area contributed by atoms with E-state index in [1.807, 2.05) is 66.7 Å². The van der Waals surface area contributed by atoms with Crippen LogP contribution in [0.2, 0.25) is 0 Å². The summed E-state index contributed by atoms with van der Waals surface area (Å²) in [5.74, 6) is 2.44. The van der Waals surface area contributed by atoms with Gasteiger partial charge in [0, 0.05) is 28.4 Å². The van der Waals surface area contributed by atoms with Gasteiger partial charge in [0.1, 0.15) is 5.69 Å². The normalized spacial score (nSPS) is 12.2. The molecule has 1 amide bonds. The van der Waals surface area contributed by atoms with E-state index in [4.69, 9.17) is 23.9 Å². The second-order valence-corrected chi connectivity index (χ2v) is 8.71. The van der Waals surface area contributed by atoms with Gasteiger partial charge in [-0.25, -0.2) is 4.98 Å². The summed E-state index contributed by atoms with van der Waals surface area (Å²) in [7, 11) is 3.21. The van der Waals surface area contributed by atoms with E-state index in [1.54, 1.807) is 14.2 Å². The molecule has 0 radical (unpaired) electrons. The lowest BCUT2D eigenvalue weighted by molar-refractivity contribution is 0.0949. The lowest BCUT2D eigenvalue weighted by atomic mass is 10.1. The number of nitrogens with zero attached hydrogens (tertiary/aromatic N) is 1. The van der Waals surface area contributed by atoms with Gasteiger partial charge < -0.3 is 29.2 Å².